The van der Waals surface area contributed by atoms with Crippen LogP contribution in [0.3, 0.4) is 0 Å². The summed E-state index contributed by atoms with van der Waals surface area (Å²) in [5, 5.41) is 13.0. The summed E-state index contributed by atoms with van der Waals surface area (Å²) in [5.41, 5.74) is 3.63. The third-order valence-corrected chi connectivity index (χ3v) is 3.44. The molecule has 0 radical (unpaired) electrons. The first-order valence-corrected chi connectivity index (χ1v) is 6.21. The maximum Gasteiger partial charge on any atom is 0.196 e. The fourth-order valence-electron chi connectivity index (χ4n) is 2.17. The van der Waals surface area contributed by atoms with E-state index in [-0.39, 0.29) is 5.92 Å². The summed E-state index contributed by atoms with van der Waals surface area (Å²) in [6, 6.07) is 9.48. The quantitative estimate of drug-likeness (QED) is 0.784. The van der Waals surface area contributed by atoms with Crippen molar-refractivity contribution in [3.63, 3.8) is 0 Å². The Hall–Kier alpha value is -2.23. The van der Waals surface area contributed by atoms with Crippen LogP contribution in [-0.4, -0.2) is 0 Å². The van der Waals surface area contributed by atoms with Crippen molar-refractivity contribution in [1.82, 2.24) is 5.32 Å². The summed E-state index contributed by atoms with van der Waals surface area (Å²) >= 11 is 5.87. The summed E-state index contributed by atoms with van der Waals surface area (Å²) in [4.78, 5) is 3.59. The molecule has 4 heteroatoms. The highest BCUT2D eigenvalue weighted by molar-refractivity contribution is 6.30. The molecule has 0 saturated carbocycles. The molecule has 2 rings (SSSR count). The number of dihydropyridines is 1. The van der Waals surface area contributed by atoms with Gasteiger partial charge in [0.25, 0.3) is 0 Å². The largest absolute Gasteiger partial charge is 0.367 e. The molecule has 0 bridgehead atoms. The Morgan fingerprint density at radius 1 is 1.37 bits per heavy atom. The molecule has 94 valence electrons. The van der Waals surface area contributed by atoms with Gasteiger partial charge in [0.2, 0.25) is 0 Å². The van der Waals surface area contributed by atoms with E-state index >= 15 is 0 Å². The Balaban J connectivity index is 2.54. The van der Waals surface area contributed by atoms with Gasteiger partial charge in [-0.1, -0.05) is 30.7 Å². The fraction of sp³-hybridized carbons (Fsp3) is 0.200. The van der Waals surface area contributed by atoms with E-state index in [0.29, 0.717) is 16.3 Å². The lowest BCUT2D eigenvalue weighted by atomic mass is 9.90. The van der Waals surface area contributed by atoms with E-state index in [1.54, 1.807) is 12.1 Å². The van der Waals surface area contributed by atoms with Gasteiger partial charge in [0.15, 0.2) is 5.70 Å². The molecule has 1 N–H and O–H groups in total. The summed E-state index contributed by atoms with van der Waals surface area (Å²) in [6.07, 6.45) is 0. The first kappa shape index (κ1) is 13.2. The van der Waals surface area contributed by atoms with E-state index in [0.717, 1.165) is 17.0 Å². The molecule has 1 aliphatic heterocycles. The summed E-state index contributed by atoms with van der Waals surface area (Å²) in [7, 11) is 0. The van der Waals surface area contributed by atoms with E-state index in [4.69, 9.17) is 23.4 Å². The Labute approximate surface area is 117 Å². The van der Waals surface area contributed by atoms with Crippen LogP contribution in [0.2, 0.25) is 5.02 Å². The van der Waals surface area contributed by atoms with Gasteiger partial charge in [-0.2, -0.15) is 5.26 Å². The van der Waals surface area contributed by atoms with Crippen molar-refractivity contribution in [2.24, 2.45) is 5.92 Å². The van der Waals surface area contributed by atoms with Gasteiger partial charge in [0.1, 0.15) is 0 Å². The number of nitriles is 1. The van der Waals surface area contributed by atoms with E-state index in [1.165, 1.54) is 0 Å². The maximum atomic E-state index is 9.15. The van der Waals surface area contributed by atoms with Crippen LogP contribution in [-0.2, 0) is 0 Å². The van der Waals surface area contributed by atoms with Gasteiger partial charge in [-0.15, -0.1) is 0 Å². The van der Waals surface area contributed by atoms with Crippen molar-refractivity contribution >= 4 is 17.3 Å². The number of hydrogen-bond donors (Lipinski definition) is 1. The molecule has 0 aliphatic carbocycles. The highest BCUT2D eigenvalue weighted by Gasteiger charge is 2.26. The van der Waals surface area contributed by atoms with Crippen LogP contribution in [0.15, 0.2) is 41.2 Å². The van der Waals surface area contributed by atoms with Gasteiger partial charge < -0.3 is 5.32 Å². The molecule has 1 heterocycles. The lowest BCUT2D eigenvalue weighted by Crippen LogP contribution is -2.22. The van der Waals surface area contributed by atoms with Gasteiger partial charge in [0, 0.05) is 27.9 Å². The predicted octanol–water partition coefficient (Wildman–Crippen LogP) is 3.96. The van der Waals surface area contributed by atoms with Gasteiger partial charge in [0.05, 0.1) is 12.6 Å². The van der Waals surface area contributed by atoms with Crippen LogP contribution in [0.25, 0.3) is 10.5 Å². The highest BCUT2D eigenvalue weighted by atomic mass is 35.5. The smallest absolute Gasteiger partial charge is 0.196 e. The lowest BCUT2D eigenvalue weighted by Gasteiger charge is -2.25. The molecule has 0 saturated heterocycles. The molecule has 3 nitrogen and oxygen atoms in total. The first-order chi connectivity index (χ1) is 9.08. The second-order valence-corrected chi connectivity index (χ2v) is 4.81. The zero-order valence-corrected chi connectivity index (χ0v) is 11.4. The number of hydrogen-bond acceptors (Lipinski definition) is 2. The molecule has 0 aromatic heterocycles. The fourth-order valence-corrected chi connectivity index (χ4v) is 2.29. The molecule has 1 aliphatic rings. The molecule has 0 unspecified atom stereocenters. The Bertz CT molecular complexity index is 654. The van der Waals surface area contributed by atoms with Crippen molar-refractivity contribution in [2.45, 2.75) is 13.8 Å². The van der Waals surface area contributed by atoms with Gasteiger partial charge >= 0.3 is 0 Å². The molecular formula is C15H12ClN3. The average molecular weight is 270 g/mol. The van der Waals surface area contributed by atoms with Gasteiger partial charge in [-0.25, -0.2) is 4.85 Å². The van der Waals surface area contributed by atoms with Crippen LogP contribution in [0.5, 0.6) is 0 Å². The zero-order chi connectivity index (χ0) is 14.0. The van der Waals surface area contributed by atoms with Gasteiger partial charge in [-0.05, 0) is 24.6 Å². The molecule has 0 fully saturated rings. The summed E-state index contributed by atoms with van der Waals surface area (Å²) in [5.74, 6) is -0.186. The molecule has 19 heavy (non-hydrogen) atoms. The van der Waals surface area contributed by atoms with Crippen LogP contribution in [0.4, 0.5) is 0 Å². The van der Waals surface area contributed by atoms with Gasteiger partial charge in [-0.3, -0.25) is 0 Å². The van der Waals surface area contributed by atoms with Crippen molar-refractivity contribution in [1.29, 1.82) is 5.26 Å². The second-order valence-electron chi connectivity index (χ2n) is 4.38. The van der Waals surface area contributed by atoms with Crippen molar-refractivity contribution < 1.29 is 0 Å². The summed E-state index contributed by atoms with van der Waals surface area (Å²) < 4.78 is 0. The number of nitrogens with one attached hydrogen (secondary N) is 1. The van der Waals surface area contributed by atoms with Crippen molar-refractivity contribution in [3.05, 3.63) is 63.2 Å². The second kappa shape index (κ2) is 5.18. The van der Waals surface area contributed by atoms with Crippen LogP contribution in [0.1, 0.15) is 19.4 Å². The minimum atomic E-state index is -0.186. The van der Waals surface area contributed by atoms with Crippen LogP contribution in [0, 0.1) is 23.8 Å². The molecule has 0 amide bonds. The van der Waals surface area contributed by atoms with Crippen molar-refractivity contribution in [3.8, 4) is 6.07 Å². The first-order valence-electron chi connectivity index (χ1n) is 5.84. The number of nitrogens with zero attached hydrogens (tertiary/aromatic N) is 2. The highest BCUT2D eigenvalue weighted by Crippen LogP contribution is 2.34. The van der Waals surface area contributed by atoms with E-state index in [2.05, 4.69) is 16.2 Å². The standard InChI is InChI=1S/C15H12ClN3/c1-9-13(8-17)10(2)19-15(14(9)18-3)11-4-6-12(16)7-5-11/h4-7,9,19H,1-2H3/t9-/m1/s1. The number of rotatable bonds is 1. The number of halogens is 1. The lowest BCUT2D eigenvalue weighted by molar-refractivity contribution is 0.786. The minimum absolute atomic E-state index is 0.186. The molecule has 1 aromatic carbocycles. The Morgan fingerprint density at radius 3 is 2.53 bits per heavy atom. The molecule has 0 spiro atoms. The SMILES string of the molecule is [C-]#[N+]C1=C(c2ccc(Cl)cc2)NC(C)=C(C#N)[C@H]1C. The van der Waals surface area contributed by atoms with Crippen LogP contribution >= 0.6 is 11.6 Å². The summed E-state index contributed by atoms with van der Waals surface area (Å²) in [6.45, 7) is 11.1. The number of allylic oxidation sites excluding steroid dienone is 2. The van der Waals surface area contributed by atoms with E-state index < -0.39 is 0 Å². The predicted molar refractivity (Wildman–Crippen MR) is 75.6 cm³/mol. The topological polar surface area (TPSA) is 40.2 Å². The van der Waals surface area contributed by atoms with E-state index in [9.17, 15) is 0 Å². The Kier molecular flexibility index (Phi) is 3.60. The molecule has 1 aromatic rings. The minimum Gasteiger partial charge on any atom is -0.367 e. The maximum absolute atomic E-state index is 9.15. The third kappa shape index (κ3) is 2.34. The monoisotopic (exact) mass is 269 g/mol. The average Bonchev–Trinajstić information content (AvgIpc) is 2.39. The van der Waals surface area contributed by atoms with Crippen LogP contribution < -0.4 is 5.32 Å². The van der Waals surface area contributed by atoms with E-state index in [1.807, 2.05) is 26.0 Å². The zero-order valence-electron chi connectivity index (χ0n) is 10.7. The molecular weight excluding hydrogens is 258 g/mol. The number of benzene rings is 1. The van der Waals surface area contributed by atoms with Crippen molar-refractivity contribution in [2.75, 3.05) is 0 Å². The third-order valence-electron chi connectivity index (χ3n) is 3.19. The molecule has 1 atom stereocenters. The normalized spacial score (nSPS) is 18.7. The Morgan fingerprint density at radius 2 is 2.00 bits per heavy atom.